The molecule has 1 aliphatic heterocycles. The Morgan fingerprint density at radius 3 is 2.65 bits per heavy atom. The summed E-state index contributed by atoms with van der Waals surface area (Å²) in [6, 6.07) is 7.49. The number of ether oxygens (including phenoxy) is 1. The van der Waals surface area contributed by atoms with Crippen molar-refractivity contribution < 1.29 is 14.6 Å². The number of benzene rings is 1. The minimum absolute atomic E-state index is 0.0362. The molecule has 0 unspecified atom stereocenters. The molecule has 0 radical (unpaired) electrons. The summed E-state index contributed by atoms with van der Waals surface area (Å²) in [7, 11) is 3.92. The van der Waals surface area contributed by atoms with Gasteiger partial charge in [0.25, 0.3) is 5.56 Å². The maximum Gasteiger partial charge on any atom is 0.254 e. The summed E-state index contributed by atoms with van der Waals surface area (Å²) in [5.41, 5.74) is 4.22. The van der Waals surface area contributed by atoms with E-state index in [1.807, 2.05) is 58.0 Å². The average Bonchev–Trinajstić information content (AvgIpc) is 3.14. The molecule has 1 aromatic carbocycles. The Balaban J connectivity index is 1.74. The topological polar surface area (TPSA) is 84.7 Å². The summed E-state index contributed by atoms with van der Waals surface area (Å²) >= 11 is 0. The van der Waals surface area contributed by atoms with Gasteiger partial charge >= 0.3 is 0 Å². The first-order chi connectivity index (χ1) is 16.2. The van der Waals surface area contributed by atoms with Gasteiger partial charge in [-0.05, 0) is 65.0 Å². The highest BCUT2D eigenvalue weighted by atomic mass is 16.5. The van der Waals surface area contributed by atoms with E-state index in [1.165, 1.54) is 0 Å². The van der Waals surface area contributed by atoms with Gasteiger partial charge < -0.3 is 19.3 Å². The van der Waals surface area contributed by atoms with Crippen LogP contribution in [-0.2, 0) is 34.6 Å². The molecule has 0 amide bonds. The number of rotatable bonds is 5. The SMILES string of the molecule is CC[C@@]1(OC(C)C)C(=O)CCc2c1cc1n(c2=O)Cc2cc3c(CN(C)C)c(O)ccc3nc2-1. The number of ketones is 1. The van der Waals surface area contributed by atoms with Gasteiger partial charge in [0, 0.05) is 40.6 Å². The van der Waals surface area contributed by atoms with Crippen LogP contribution < -0.4 is 5.56 Å². The molecule has 178 valence electrons. The fraction of sp³-hybridized carbons (Fsp3) is 0.444. The lowest BCUT2D eigenvalue weighted by Crippen LogP contribution is -2.46. The van der Waals surface area contributed by atoms with Crippen LogP contribution in [0.2, 0.25) is 0 Å². The van der Waals surface area contributed by atoms with E-state index in [0.29, 0.717) is 43.5 Å². The molecule has 2 aliphatic rings. The van der Waals surface area contributed by atoms with Crippen molar-refractivity contribution in [3.63, 3.8) is 0 Å². The first-order valence-electron chi connectivity index (χ1n) is 11.9. The van der Waals surface area contributed by atoms with E-state index >= 15 is 0 Å². The van der Waals surface area contributed by atoms with Crippen molar-refractivity contribution in [2.75, 3.05) is 14.1 Å². The van der Waals surface area contributed by atoms with Crippen molar-refractivity contribution in [1.82, 2.24) is 14.5 Å². The maximum atomic E-state index is 13.7. The van der Waals surface area contributed by atoms with Crippen LogP contribution in [-0.4, -0.2) is 45.5 Å². The van der Waals surface area contributed by atoms with E-state index in [2.05, 4.69) is 0 Å². The van der Waals surface area contributed by atoms with Crippen molar-refractivity contribution in [1.29, 1.82) is 0 Å². The van der Waals surface area contributed by atoms with Gasteiger partial charge in [0.1, 0.15) is 5.75 Å². The molecule has 1 atom stereocenters. The van der Waals surface area contributed by atoms with Crippen molar-refractivity contribution >= 4 is 16.7 Å². The van der Waals surface area contributed by atoms with Crippen molar-refractivity contribution in [3.05, 3.63) is 56.9 Å². The molecule has 0 bridgehead atoms. The molecule has 0 fully saturated rings. The van der Waals surface area contributed by atoms with Crippen molar-refractivity contribution in [2.45, 2.75) is 64.8 Å². The molecule has 0 saturated carbocycles. The monoisotopic (exact) mass is 461 g/mol. The average molecular weight is 462 g/mol. The number of aromatic nitrogens is 2. The molecule has 1 N–H and O–H groups in total. The lowest BCUT2D eigenvalue weighted by molar-refractivity contribution is -0.155. The van der Waals surface area contributed by atoms with E-state index in [0.717, 1.165) is 33.4 Å². The van der Waals surface area contributed by atoms with Crippen LogP contribution in [0.4, 0.5) is 0 Å². The highest BCUT2D eigenvalue weighted by Crippen LogP contribution is 2.42. The minimum atomic E-state index is -1.10. The van der Waals surface area contributed by atoms with Crippen LogP contribution in [0.1, 0.15) is 55.9 Å². The fourth-order valence-corrected chi connectivity index (χ4v) is 5.57. The number of aromatic hydroxyl groups is 1. The number of fused-ring (bicyclic) bond motifs is 5. The number of hydrogen-bond acceptors (Lipinski definition) is 6. The first kappa shape index (κ1) is 22.7. The van der Waals surface area contributed by atoms with E-state index in [-0.39, 0.29) is 23.2 Å². The Morgan fingerprint density at radius 1 is 1.21 bits per heavy atom. The number of carbonyl (C=O) groups is 1. The Labute approximate surface area is 199 Å². The molecule has 7 nitrogen and oxygen atoms in total. The predicted octanol–water partition coefficient (Wildman–Crippen LogP) is 3.74. The fourth-order valence-electron chi connectivity index (χ4n) is 5.57. The van der Waals surface area contributed by atoms with Gasteiger partial charge in [0.15, 0.2) is 11.4 Å². The molecular formula is C27H31N3O4. The molecule has 3 heterocycles. The molecule has 0 spiro atoms. The van der Waals surface area contributed by atoms with Crippen LogP contribution in [0.5, 0.6) is 5.75 Å². The second-order valence-corrected chi connectivity index (χ2v) is 9.95. The number of hydrogen-bond donors (Lipinski definition) is 1. The predicted molar refractivity (Wildman–Crippen MR) is 131 cm³/mol. The van der Waals surface area contributed by atoms with Crippen LogP contribution in [0.3, 0.4) is 0 Å². The van der Waals surface area contributed by atoms with Crippen LogP contribution in [0, 0.1) is 0 Å². The molecule has 7 heteroatoms. The van der Waals surface area contributed by atoms with E-state index in [4.69, 9.17) is 9.72 Å². The van der Waals surface area contributed by atoms with Crippen molar-refractivity contribution in [3.8, 4) is 17.1 Å². The molecule has 3 aromatic rings. The van der Waals surface area contributed by atoms with E-state index < -0.39 is 5.60 Å². The zero-order valence-corrected chi connectivity index (χ0v) is 20.4. The van der Waals surface area contributed by atoms with Crippen LogP contribution >= 0.6 is 0 Å². The molecule has 0 saturated heterocycles. The van der Waals surface area contributed by atoms with Gasteiger partial charge in [-0.1, -0.05) is 6.92 Å². The Bertz CT molecular complexity index is 1390. The van der Waals surface area contributed by atoms with Gasteiger partial charge in [-0.2, -0.15) is 0 Å². The van der Waals surface area contributed by atoms with Gasteiger partial charge in [-0.3, -0.25) is 9.59 Å². The first-order valence-corrected chi connectivity index (χ1v) is 11.9. The minimum Gasteiger partial charge on any atom is -0.508 e. The van der Waals surface area contributed by atoms with Gasteiger partial charge in [-0.15, -0.1) is 0 Å². The largest absolute Gasteiger partial charge is 0.508 e. The maximum absolute atomic E-state index is 13.7. The van der Waals surface area contributed by atoms with Crippen LogP contribution in [0.15, 0.2) is 29.1 Å². The Hall–Kier alpha value is -3.03. The standard InChI is InChI=1S/C27H31N3O4/c1-6-27(34-15(2)3)20-12-22-25-16(13-30(22)26(33)17(20)7-10-24(27)32)11-18-19(14-29(4)5)23(31)9-8-21(18)28-25/h8-9,11-12,15,31H,6-7,10,13-14H2,1-5H3/t27-/m0/s1. The molecule has 5 rings (SSSR count). The van der Waals surface area contributed by atoms with E-state index in [9.17, 15) is 14.7 Å². The lowest BCUT2D eigenvalue weighted by atomic mass is 9.76. The summed E-state index contributed by atoms with van der Waals surface area (Å²) in [6.45, 7) is 6.79. The number of phenols is 1. The number of pyridine rings is 2. The third-order valence-electron chi connectivity index (χ3n) is 7.03. The zero-order valence-electron chi connectivity index (χ0n) is 20.4. The summed E-state index contributed by atoms with van der Waals surface area (Å²) in [5.74, 6) is 0.275. The number of nitrogens with zero attached hydrogens (tertiary/aromatic N) is 3. The number of phenolic OH excluding ortho intramolecular Hbond substituents is 1. The van der Waals surface area contributed by atoms with Gasteiger partial charge in [0.05, 0.1) is 29.6 Å². The number of Topliss-reactive ketones (excluding diaryl/α,β-unsaturated/α-hetero) is 1. The molecule has 1 aliphatic carbocycles. The highest BCUT2D eigenvalue weighted by Gasteiger charge is 2.46. The second-order valence-electron chi connectivity index (χ2n) is 9.95. The van der Waals surface area contributed by atoms with Gasteiger partial charge in [0.2, 0.25) is 0 Å². The lowest BCUT2D eigenvalue weighted by Gasteiger charge is -2.38. The second kappa shape index (κ2) is 8.03. The molecule has 2 aromatic heterocycles. The highest BCUT2D eigenvalue weighted by molar-refractivity contribution is 5.92. The summed E-state index contributed by atoms with van der Waals surface area (Å²) in [5, 5.41) is 11.4. The third-order valence-corrected chi connectivity index (χ3v) is 7.03. The molecule has 34 heavy (non-hydrogen) atoms. The summed E-state index contributed by atoms with van der Waals surface area (Å²) in [6.07, 6.45) is 1.07. The molecular weight excluding hydrogens is 430 g/mol. The Morgan fingerprint density at radius 2 is 1.97 bits per heavy atom. The van der Waals surface area contributed by atoms with Crippen molar-refractivity contribution in [2.24, 2.45) is 0 Å². The quantitative estimate of drug-likeness (QED) is 0.487. The van der Waals surface area contributed by atoms with Crippen LogP contribution in [0.25, 0.3) is 22.3 Å². The third kappa shape index (κ3) is 3.29. The normalized spacial score (nSPS) is 19.1. The number of carbonyl (C=O) groups excluding carboxylic acids is 1. The summed E-state index contributed by atoms with van der Waals surface area (Å²) < 4.78 is 8.03. The zero-order chi connectivity index (χ0) is 24.4. The van der Waals surface area contributed by atoms with E-state index in [1.54, 1.807) is 10.6 Å². The Kier molecular flexibility index (Phi) is 5.37. The summed E-state index contributed by atoms with van der Waals surface area (Å²) in [4.78, 5) is 33.7. The smallest absolute Gasteiger partial charge is 0.254 e. The van der Waals surface area contributed by atoms with Gasteiger partial charge in [-0.25, -0.2) is 4.98 Å².